The van der Waals surface area contributed by atoms with Gasteiger partial charge >= 0.3 is 0 Å². The molecule has 4 aromatic heterocycles. The highest BCUT2D eigenvalue weighted by Crippen LogP contribution is 2.31. The maximum atomic E-state index is 9.27. The molecular formula is C48H41BrN8O2. The Balaban J connectivity index is 0.000000136. The van der Waals surface area contributed by atoms with E-state index in [1.165, 1.54) is 0 Å². The van der Waals surface area contributed by atoms with Crippen LogP contribution in [0.2, 0.25) is 0 Å². The van der Waals surface area contributed by atoms with Gasteiger partial charge in [-0.1, -0.05) is 88.7 Å². The number of hydrogen-bond donors (Lipinski definition) is 1. The van der Waals surface area contributed by atoms with Crippen LogP contribution in [0.5, 0.6) is 17.2 Å². The quantitative estimate of drug-likeness (QED) is 0.179. The van der Waals surface area contributed by atoms with E-state index in [1.54, 1.807) is 30.6 Å². The first-order chi connectivity index (χ1) is 28.7. The van der Waals surface area contributed by atoms with Crippen molar-refractivity contribution in [3.05, 3.63) is 175 Å². The molecule has 0 bridgehead atoms. The number of phenolic OH excluding ortho intramolecular Hbond substituents is 1. The molecule has 10 aromatic rings. The number of phenols is 1. The molecule has 4 heterocycles. The van der Waals surface area contributed by atoms with Crippen molar-refractivity contribution in [3.8, 4) is 62.8 Å². The third kappa shape index (κ3) is 8.56. The molecule has 0 aliphatic heterocycles. The summed E-state index contributed by atoms with van der Waals surface area (Å²) in [5.74, 6) is 5.48. The van der Waals surface area contributed by atoms with Crippen molar-refractivity contribution in [1.29, 1.82) is 0 Å². The number of nitrogens with zero attached hydrogens (tertiary/aromatic N) is 8. The Morgan fingerprint density at radius 2 is 0.915 bits per heavy atom. The van der Waals surface area contributed by atoms with Gasteiger partial charge < -0.3 is 28.1 Å². The molecule has 0 atom stereocenters. The van der Waals surface area contributed by atoms with Gasteiger partial charge in [-0.3, -0.25) is 0 Å². The minimum atomic E-state index is 0.264. The van der Waals surface area contributed by atoms with E-state index in [-0.39, 0.29) is 5.75 Å². The van der Waals surface area contributed by atoms with Crippen LogP contribution in [0.25, 0.3) is 67.6 Å². The molecule has 0 aliphatic carbocycles. The lowest BCUT2D eigenvalue weighted by Crippen LogP contribution is -1.94. The number of aryl methyl sites for hydroxylation is 4. The van der Waals surface area contributed by atoms with E-state index in [9.17, 15) is 5.11 Å². The van der Waals surface area contributed by atoms with Crippen LogP contribution in [-0.4, -0.2) is 43.3 Å². The molecular weight excluding hydrogens is 800 g/mol. The fourth-order valence-corrected chi connectivity index (χ4v) is 7.30. The summed E-state index contributed by atoms with van der Waals surface area (Å²) in [5.41, 5.74) is 8.36. The van der Waals surface area contributed by atoms with Crippen LogP contribution in [0, 0.1) is 0 Å². The number of halogens is 1. The van der Waals surface area contributed by atoms with Gasteiger partial charge in [-0.05, 0) is 72.8 Å². The van der Waals surface area contributed by atoms with Gasteiger partial charge in [0.05, 0.1) is 22.1 Å². The van der Waals surface area contributed by atoms with E-state index in [0.717, 1.165) is 83.6 Å². The number of ether oxygens (including phenoxy) is 1. The van der Waals surface area contributed by atoms with Gasteiger partial charge in [0, 0.05) is 79.7 Å². The van der Waals surface area contributed by atoms with Gasteiger partial charge in [0.2, 0.25) is 0 Å². The summed E-state index contributed by atoms with van der Waals surface area (Å²) < 4.78 is 15.4. The average Bonchev–Trinajstić information content (AvgIpc) is 4.04. The first-order valence-corrected chi connectivity index (χ1v) is 19.7. The Morgan fingerprint density at radius 1 is 0.475 bits per heavy atom. The SMILES string of the molecule is Cn1c(-c2cccc(Br)c2)nc2ccccc21.Cn1ccnc1-c1cccc(O)c1.Cn1ccnc1-c1cccc(Oc2cccc(-c3nc4ccccc4n3C)c2)c1. The largest absolute Gasteiger partial charge is 0.508 e. The molecule has 0 radical (unpaired) electrons. The van der Waals surface area contributed by atoms with Gasteiger partial charge in [0.15, 0.2) is 0 Å². The number of imidazole rings is 4. The lowest BCUT2D eigenvalue weighted by molar-refractivity contribution is 0.475. The first kappa shape index (κ1) is 38.6. The van der Waals surface area contributed by atoms with Gasteiger partial charge in [0.25, 0.3) is 0 Å². The normalized spacial score (nSPS) is 10.9. The van der Waals surface area contributed by atoms with Crippen LogP contribution in [-0.2, 0) is 28.2 Å². The number of para-hydroxylation sites is 4. The smallest absolute Gasteiger partial charge is 0.140 e. The fourth-order valence-electron chi connectivity index (χ4n) is 6.90. The summed E-state index contributed by atoms with van der Waals surface area (Å²) in [5, 5.41) is 9.27. The van der Waals surface area contributed by atoms with Gasteiger partial charge in [-0.15, -0.1) is 0 Å². The van der Waals surface area contributed by atoms with Crippen LogP contribution in [0.3, 0.4) is 0 Å². The molecule has 0 saturated carbocycles. The second-order valence-corrected chi connectivity index (χ2v) is 14.8. The van der Waals surface area contributed by atoms with Crippen molar-refractivity contribution in [1.82, 2.24) is 38.2 Å². The second-order valence-electron chi connectivity index (χ2n) is 13.9. The second kappa shape index (κ2) is 17.1. The summed E-state index contributed by atoms with van der Waals surface area (Å²) in [4.78, 5) is 18.0. The topological polar surface area (TPSA) is 101 Å². The standard InChI is InChI=1S/C24H20N4O.C14H11BrN2.C10H10N2O/c1-27-14-13-25-23(27)17-7-5-9-19(15-17)29-20-10-6-8-18(16-20)24-26-21-11-3-4-12-22(21)28(24)2;1-17-13-8-3-2-7-12(13)16-14(17)10-5-4-6-11(15)9-10;1-12-6-5-11-10(12)8-3-2-4-9(13)7-8/h3-16H,1-2H3;2-9H,1H3;2-7,13H,1H3. The molecule has 59 heavy (non-hydrogen) atoms. The highest BCUT2D eigenvalue weighted by atomic mass is 79.9. The molecule has 1 N–H and O–H groups in total. The molecule has 0 spiro atoms. The van der Waals surface area contributed by atoms with Crippen LogP contribution in [0.1, 0.15) is 0 Å². The molecule has 0 fully saturated rings. The Kier molecular flexibility index (Phi) is 11.2. The number of fused-ring (bicyclic) bond motifs is 2. The lowest BCUT2D eigenvalue weighted by Gasteiger charge is -2.09. The molecule has 0 amide bonds. The summed E-state index contributed by atoms with van der Waals surface area (Å²) in [6, 6.07) is 47.6. The van der Waals surface area contributed by atoms with Gasteiger partial charge in [-0.2, -0.15) is 0 Å². The Morgan fingerprint density at radius 3 is 1.37 bits per heavy atom. The fraction of sp³-hybridized carbons (Fsp3) is 0.0833. The predicted octanol–water partition coefficient (Wildman–Crippen LogP) is 11.2. The highest BCUT2D eigenvalue weighted by Gasteiger charge is 2.12. The van der Waals surface area contributed by atoms with E-state index in [2.05, 4.69) is 70.3 Å². The zero-order valence-corrected chi connectivity index (χ0v) is 34.6. The van der Waals surface area contributed by atoms with E-state index in [0.29, 0.717) is 0 Å². The maximum Gasteiger partial charge on any atom is 0.140 e. The van der Waals surface area contributed by atoms with E-state index in [4.69, 9.17) is 9.72 Å². The summed E-state index contributed by atoms with van der Waals surface area (Å²) in [6.07, 6.45) is 7.34. The molecule has 10 rings (SSSR count). The predicted molar refractivity (Wildman–Crippen MR) is 239 cm³/mol. The Hall–Kier alpha value is -7.24. The number of aromatic hydroxyl groups is 1. The maximum absolute atomic E-state index is 9.27. The van der Waals surface area contributed by atoms with Crippen LogP contribution in [0.15, 0.2) is 175 Å². The lowest BCUT2D eigenvalue weighted by atomic mass is 10.2. The van der Waals surface area contributed by atoms with Crippen LogP contribution >= 0.6 is 15.9 Å². The monoisotopic (exact) mass is 840 g/mol. The molecule has 11 heteroatoms. The number of aromatic nitrogens is 8. The van der Waals surface area contributed by atoms with Crippen molar-refractivity contribution in [2.75, 3.05) is 0 Å². The van der Waals surface area contributed by atoms with Crippen molar-refractivity contribution >= 4 is 38.0 Å². The van der Waals surface area contributed by atoms with E-state index < -0.39 is 0 Å². The van der Waals surface area contributed by atoms with Crippen LogP contribution < -0.4 is 4.74 Å². The van der Waals surface area contributed by atoms with E-state index in [1.807, 2.05) is 147 Å². The summed E-state index contributed by atoms with van der Waals surface area (Å²) >= 11 is 3.49. The average molecular weight is 842 g/mol. The zero-order valence-electron chi connectivity index (χ0n) is 33.0. The number of hydrogen-bond acceptors (Lipinski definition) is 6. The summed E-state index contributed by atoms with van der Waals surface area (Å²) in [6.45, 7) is 0. The minimum Gasteiger partial charge on any atom is -0.508 e. The summed E-state index contributed by atoms with van der Waals surface area (Å²) in [7, 11) is 7.99. The van der Waals surface area contributed by atoms with Crippen molar-refractivity contribution < 1.29 is 9.84 Å². The Bertz CT molecular complexity index is 3030. The molecule has 292 valence electrons. The first-order valence-electron chi connectivity index (χ1n) is 18.9. The van der Waals surface area contributed by atoms with Crippen LogP contribution in [0.4, 0.5) is 0 Å². The molecule has 0 unspecified atom stereocenters. The molecule has 6 aromatic carbocycles. The molecule has 10 nitrogen and oxygen atoms in total. The van der Waals surface area contributed by atoms with Gasteiger partial charge in [0.1, 0.15) is 40.5 Å². The molecule has 0 saturated heterocycles. The number of benzene rings is 6. The zero-order chi connectivity index (χ0) is 40.9. The number of rotatable bonds is 6. The Labute approximate surface area is 350 Å². The van der Waals surface area contributed by atoms with Crippen molar-refractivity contribution in [2.45, 2.75) is 0 Å². The van der Waals surface area contributed by atoms with Gasteiger partial charge in [-0.25, -0.2) is 19.9 Å². The highest BCUT2D eigenvalue weighted by molar-refractivity contribution is 9.10. The van der Waals surface area contributed by atoms with Crippen molar-refractivity contribution in [2.24, 2.45) is 28.2 Å². The van der Waals surface area contributed by atoms with E-state index >= 15 is 0 Å². The minimum absolute atomic E-state index is 0.264. The third-order valence-electron chi connectivity index (χ3n) is 9.82. The molecule has 0 aliphatic rings. The van der Waals surface area contributed by atoms with Crippen molar-refractivity contribution in [3.63, 3.8) is 0 Å². The third-order valence-corrected chi connectivity index (χ3v) is 10.3.